The van der Waals surface area contributed by atoms with E-state index in [9.17, 15) is 4.79 Å². The fraction of sp³-hybridized carbons (Fsp3) is 0.360. The minimum Gasteiger partial charge on any atom is -0.377 e. The molecule has 36 heavy (non-hydrogen) atoms. The normalized spacial score (nSPS) is 18.6. The molecule has 0 amide bonds. The summed E-state index contributed by atoms with van der Waals surface area (Å²) in [5, 5.41) is 9.40. The summed E-state index contributed by atoms with van der Waals surface area (Å²) in [6.45, 7) is 6.32. The molecule has 4 aromatic rings. The first-order valence-corrected chi connectivity index (χ1v) is 12.1. The number of halogens is 2. The van der Waals surface area contributed by atoms with Gasteiger partial charge in [0.1, 0.15) is 11.9 Å². The largest absolute Gasteiger partial charge is 0.377 e. The van der Waals surface area contributed by atoms with E-state index in [2.05, 4.69) is 15.2 Å². The number of benzene rings is 1. The highest BCUT2D eigenvalue weighted by atomic mass is 35.5. The Hall–Kier alpha value is -3.34. The van der Waals surface area contributed by atoms with Crippen LogP contribution in [0.1, 0.15) is 29.0 Å². The molecular weight excluding hydrogens is 487 g/mol. The van der Waals surface area contributed by atoms with Crippen molar-refractivity contribution in [3.63, 3.8) is 0 Å². The Bertz CT molecular complexity index is 1530. The van der Waals surface area contributed by atoms with Gasteiger partial charge in [0.25, 0.3) is 5.56 Å². The molecule has 0 bridgehead atoms. The van der Waals surface area contributed by atoms with Gasteiger partial charge in [-0.15, -0.1) is 5.10 Å². The third-order valence-corrected chi connectivity index (χ3v) is 7.08. The lowest BCUT2D eigenvalue weighted by molar-refractivity contribution is -0.0288. The second-order valence-electron chi connectivity index (χ2n) is 9.15. The van der Waals surface area contributed by atoms with Gasteiger partial charge in [-0.1, -0.05) is 11.6 Å². The SMILES string of the molecule is Cc1nc2c(-c3ccc(Cl)cc3F)cc(N3CCO[C@H](c4cnn(C5COC5)c4)C3)nn2c(=O)c1C. The van der Waals surface area contributed by atoms with E-state index in [1.54, 1.807) is 32.0 Å². The molecule has 1 aromatic carbocycles. The quantitative estimate of drug-likeness (QED) is 0.415. The number of morpholine rings is 1. The maximum Gasteiger partial charge on any atom is 0.277 e. The van der Waals surface area contributed by atoms with Crippen molar-refractivity contribution in [2.24, 2.45) is 0 Å². The Morgan fingerprint density at radius 1 is 1.17 bits per heavy atom. The number of aromatic nitrogens is 5. The molecule has 3 aromatic heterocycles. The summed E-state index contributed by atoms with van der Waals surface area (Å²) in [6.07, 6.45) is 3.58. The zero-order valence-corrected chi connectivity index (χ0v) is 20.6. The zero-order valence-electron chi connectivity index (χ0n) is 19.8. The van der Waals surface area contributed by atoms with Crippen LogP contribution in [-0.4, -0.2) is 57.3 Å². The van der Waals surface area contributed by atoms with Gasteiger partial charge in [0.15, 0.2) is 11.5 Å². The Morgan fingerprint density at radius 3 is 2.75 bits per heavy atom. The van der Waals surface area contributed by atoms with Gasteiger partial charge in [0.2, 0.25) is 0 Å². The maximum atomic E-state index is 15.0. The Labute approximate surface area is 211 Å². The highest BCUT2D eigenvalue weighted by molar-refractivity contribution is 6.30. The smallest absolute Gasteiger partial charge is 0.277 e. The fourth-order valence-electron chi connectivity index (χ4n) is 4.51. The Kier molecular flexibility index (Phi) is 5.74. The molecule has 186 valence electrons. The van der Waals surface area contributed by atoms with E-state index in [-0.39, 0.29) is 22.7 Å². The van der Waals surface area contributed by atoms with Crippen LogP contribution in [0.15, 0.2) is 41.5 Å². The van der Waals surface area contributed by atoms with Gasteiger partial charge < -0.3 is 14.4 Å². The molecule has 2 aliphatic heterocycles. The summed E-state index contributed by atoms with van der Waals surface area (Å²) in [4.78, 5) is 19.8. The zero-order chi connectivity index (χ0) is 25.0. The lowest BCUT2D eigenvalue weighted by atomic mass is 10.1. The van der Waals surface area contributed by atoms with E-state index in [0.717, 1.165) is 5.56 Å². The van der Waals surface area contributed by atoms with E-state index in [4.69, 9.17) is 21.1 Å². The van der Waals surface area contributed by atoms with Crippen molar-refractivity contribution in [1.82, 2.24) is 24.4 Å². The molecule has 1 atom stereocenters. The summed E-state index contributed by atoms with van der Waals surface area (Å²) in [7, 11) is 0. The summed E-state index contributed by atoms with van der Waals surface area (Å²) in [5.74, 6) is 0.0355. The second-order valence-corrected chi connectivity index (χ2v) is 9.59. The number of hydrogen-bond acceptors (Lipinski definition) is 7. The number of anilines is 1. The third-order valence-electron chi connectivity index (χ3n) is 6.85. The molecule has 0 radical (unpaired) electrons. The Balaban J connectivity index is 1.43. The summed E-state index contributed by atoms with van der Waals surface area (Å²) < 4.78 is 29.5. The van der Waals surface area contributed by atoms with Crippen molar-refractivity contribution in [3.05, 3.63) is 74.7 Å². The molecule has 0 unspecified atom stereocenters. The summed E-state index contributed by atoms with van der Waals surface area (Å²) in [6, 6.07) is 6.50. The van der Waals surface area contributed by atoms with Gasteiger partial charge in [0, 0.05) is 45.7 Å². The molecule has 11 heteroatoms. The number of aryl methyl sites for hydroxylation is 1. The molecule has 0 spiro atoms. The van der Waals surface area contributed by atoms with Crippen LogP contribution >= 0.6 is 11.6 Å². The average molecular weight is 511 g/mol. The fourth-order valence-corrected chi connectivity index (χ4v) is 4.67. The molecule has 2 saturated heterocycles. The predicted octanol–water partition coefficient (Wildman–Crippen LogP) is 3.51. The highest BCUT2D eigenvalue weighted by Crippen LogP contribution is 2.32. The van der Waals surface area contributed by atoms with Crippen LogP contribution in [0.2, 0.25) is 5.02 Å². The van der Waals surface area contributed by atoms with Crippen LogP contribution < -0.4 is 10.5 Å². The van der Waals surface area contributed by atoms with Crippen LogP contribution in [0, 0.1) is 19.7 Å². The lowest BCUT2D eigenvalue weighted by Gasteiger charge is -2.33. The first kappa shape index (κ1) is 23.1. The number of hydrogen-bond donors (Lipinski definition) is 0. The first-order chi connectivity index (χ1) is 17.4. The molecule has 6 rings (SSSR count). The van der Waals surface area contributed by atoms with Crippen LogP contribution in [-0.2, 0) is 9.47 Å². The maximum absolute atomic E-state index is 15.0. The molecule has 0 aliphatic carbocycles. The number of ether oxygens (including phenoxy) is 2. The summed E-state index contributed by atoms with van der Waals surface area (Å²) in [5.41, 5.74) is 2.80. The standard InChI is InChI=1S/C25H24ClFN6O3/c1-14-15(2)29-24-20(19-4-3-17(26)7-21(19)27)8-23(30-33(24)25(14)34)31-5-6-36-22(11-31)16-9-28-32(10-16)18-12-35-13-18/h3-4,7-10,18,22H,5-6,11-13H2,1-2H3/t22-/m0/s1. The third kappa shape index (κ3) is 3.95. The molecule has 2 aliphatic rings. The molecule has 5 heterocycles. The van der Waals surface area contributed by atoms with Crippen LogP contribution in [0.4, 0.5) is 10.2 Å². The van der Waals surface area contributed by atoms with Crippen molar-refractivity contribution < 1.29 is 13.9 Å². The average Bonchev–Trinajstić information content (AvgIpc) is 3.31. The van der Waals surface area contributed by atoms with Crippen molar-refractivity contribution in [3.8, 4) is 11.1 Å². The van der Waals surface area contributed by atoms with E-state index < -0.39 is 5.82 Å². The molecule has 9 nitrogen and oxygen atoms in total. The van der Waals surface area contributed by atoms with Crippen molar-refractivity contribution in [2.75, 3.05) is 37.8 Å². The molecule has 0 saturated carbocycles. The number of fused-ring (bicyclic) bond motifs is 1. The monoisotopic (exact) mass is 510 g/mol. The summed E-state index contributed by atoms with van der Waals surface area (Å²) >= 11 is 6.00. The van der Waals surface area contributed by atoms with Gasteiger partial charge in [-0.25, -0.2) is 9.37 Å². The van der Waals surface area contributed by atoms with Crippen LogP contribution in [0.25, 0.3) is 16.8 Å². The molecule has 2 fully saturated rings. The van der Waals surface area contributed by atoms with Gasteiger partial charge >= 0.3 is 0 Å². The van der Waals surface area contributed by atoms with E-state index in [1.807, 2.05) is 22.0 Å². The van der Waals surface area contributed by atoms with Crippen LogP contribution in [0.3, 0.4) is 0 Å². The molecule has 0 N–H and O–H groups in total. The second kappa shape index (κ2) is 8.95. The van der Waals surface area contributed by atoms with Crippen molar-refractivity contribution in [1.29, 1.82) is 0 Å². The Morgan fingerprint density at radius 2 is 2.00 bits per heavy atom. The van der Waals surface area contributed by atoms with Crippen molar-refractivity contribution in [2.45, 2.75) is 26.0 Å². The van der Waals surface area contributed by atoms with Gasteiger partial charge in [-0.3, -0.25) is 9.48 Å². The first-order valence-electron chi connectivity index (χ1n) is 11.7. The van der Waals surface area contributed by atoms with E-state index >= 15 is 4.39 Å². The molecular formula is C25H24ClFN6O3. The lowest BCUT2D eigenvalue weighted by Crippen LogP contribution is -2.39. The van der Waals surface area contributed by atoms with Gasteiger partial charge in [-0.05, 0) is 38.1 Å². The minimum absolute atomic E-state index is 0.226. The number of rotatable bonds is 4. The predicted molar refractivity (Wildman–Crippen MR) is 132 cm³/mol. The van der Waals surface area contributed by atoms with Crippen LogP contribution in [0.5, 0.6) is 0 Å². The minimum atomic E-state index is -0.499. The van der Waals surface area contributed by atoms with Crippen molar-refractivity contribution >= 4 is 23.1 Å². The van der Waals surface area contributed by atoms with Gasteiger partial charge in [-0.2, -0.15) is 9.61 Å². The number of nitrogens with zero attached hydrogens (tertiary/aromatic N) is 6. The topological polar surface area (TPSA) is 86.8 Å². The highest BCUT2D eigenvalue weighted by Gasteiger charge is 2.28. The van der Waals surface area contributed by atoms with E-state index in [1.165, 1.54) is 10.6 Å². The van der Waals surface area contributed by atoms with Gasteiger partial charge in [0.05, 0.1) is 38.6 Å². The van der Waals surface area contributed by atoms with E-state index in [0.29, 0.717) is 66.8 Å².